The highest BCUT2D eigenvalue weighted by atomic mass is 16.2. The van der Waals surface area contributed by atoms with E-state index in [9.17, 15) is 9.59 Å². The van der Waals surface area contributed by atoms with Crippen LogP contribution < -0.4 is 10.9 Å². The van der Waals surface area contributed by atoms with Gasteiger partial charge in [0.2, 0.25) is 5.91 Å². The van der Waals surface area contributed by atoms with E-state index >= 15 is 0 Å². The van der Waals surface area contributed by atoms with E-state index in [1.807, 2.05) is 54.6 Å². The van der Waals surface area contributed by atoms with Gasteiger partial charge in [-0.3, -0.25) is 14.2 Å². The predicted molar refractivity (Wildman–Crippen MR) is 118 cm³/mol. The molecule has 0 fully saturated rings. The van der Waals surface area contributed by atoms with Crippen LogP contribution in [0.4, 0.5) is 0 Å². The zero-order chi connectivity index (χ0) is 20.8. The molecule has 30 heavy (non-hydrogen) atoms. The van der Waals surface area contributed by atoms with Gasteiger partial charge in [0.1, 0.15) is 6.54 Å². The largest absolute Gasteiger partial charge is 0.348 e. The molecule has 1 unspecified atom stereocenters. The fourth-order valence-corrected chi connectivity index (χ4v) is 3.58. The van der Waals surface area contributed by atoms with Crippen molar-refractivity contribution in [2.24, 2.45) is 0 Å². The van der Waals surface area contributed by atoms with Crippen LogP contribution in [-0.4, -0.2) is 15.5 Å². The summed E-state index contributed by atoms with van der Waals surface area (Å²) in [5.74, 6) is -0.212. The number of fused-ring (bicyclic) bond motifs is 1. The molecule has 150 valence electrons. The van der Waals surface area contributed by atoms with Crippen molar-refractivity contribution in [2.75, 3.05) is 0 Å². The van der Waals surface area contributed by atoms with E-state index in [0.29, 0.717) is 10.9 Å². The summed E-state index contributed by atoms with van der Waals surface area (Å²) in [4.78, 5) is 29.8. The Morgan fingerprint density at radius 3 is 2.33 bits per heavy atom. The Kier molecular flexibility index (Phi) is 5.99. The maximum atomic E-state index is 12.8. The maximum absolute atomic E-state index is 12.8. The molecule has 5 nitrogen and oxygen atoms in total. The van der Waals surface area contributed by atoms with Crippen LogP contribution in [0.25, 0.3) is 10.9 Å². The molecule has 4 rings (SSSR count). The molecular formula is C25H23N3O2. The van der Waals surface area contributed by atoms with Crippen LogP contribution in [-0.2, 0) is 17.8 Å². The van der Waals surface area contributed by atoms with Crippen molar-refractivity contribution in [3.63, 3.8) is 0 Å². The zero-order valence-corrected chi connectivity index (χ0v) is 16.6. The normalized spacial score (nSPS) is 11.9. The summed E-state index contributed by atoms with van der Waals surface area (Å²) in [6, 6.07) is 27.1. The van der Waals surface area contributed by atoms with Crippen molar-refractivity contribution < 1.29 is 4.79 Å². The van der Waals surface area contributed by atoms with Crippen LogP contribution in [0.1, 0.15) is 23.6 Å². The quantitative estimate of drug-likeness (QED) is 0.515. The molecule has 0 saturated carbocycles. The van der Waals surface area contributed by atoms with Gasteiger partial charge < -0.3 is 5.32 Å². The molecule has 0 bridgehead atoms. The summed E-state index contributed by atoms with van der Waals surface area (Å²) in [7, 11) is 0. The number of para-hydroxylation sites is 1. The van der Waals surface area contributed by atoms with Gasteiger partial charge in [0.05, 0.1) is 23.3 Å². The van der Waals surface area contributed by atoms with Crippen LogP contribution in [0.15, 0.2) is 96.1 Å². The average molecular weight is 397 g/mol. The molecule has 4 aromatic rings. The fourth-order valence-electron chi connectivity index (χ4n) is 3.58. The van der Waals surface area contributed by atoms with Crippen LogP contribution in [0, 0.1) is 0 Å². The number of nitrogens with one attached hydrogen (secondary N) is 1. The second-order valence-corrected chi connectivity index (χ2v) is 7.25. The summed E-state index contributed by atoms with van der Waals surface area (Å²) >= 11 is 0. The van der Waals surface area contributed by atoms with E-state index < -0.39 is 0 Å². The van der Waals surface area contributed by atoms with E-state index in [1.165, 1.54) is 16.5 Å². The zero-order valence-electron chi connectivity index (χ0n) is 16.6. The number of nitrogens with zero attached hydrogens (tertiary/aromatic N) is 2. The molecule has 1 atom stereocenters. The van der Waals surface area contributed by atoms with Crippen molar-refractivity contribution in [3.05, 3.63) is 113 Å². The van der Waals surface area contributed by atoms with Gasteiger partial charge in [-0.1, -0.05) is 72.8 Å². The van der Waals surface area contributed by atoms with Crippen molar-refractivity contribution in [1.29, 1.82) is 0 Å². The molecule has 0 saturated heterocycles. The van der Waals surface area contributed by atoms with Gasteiger partial charge in [-0.15, -0.1) is 0 Å². The molecule has 0 aliphatic carbocycles. The van der Waals surface area contributed by atoms with Crippen molar-refractivity contribution >= 4 is 16.8 Å². The van der Waals surface area contributed by atoms with Gasteiger partial charge in [0.15, 0.2) is 0 Å². The van der Waals surface area contributed by atoms with Crippen molar-refractivity contribution in [2.45, 2.75) is 25.4 Å². The first kappa shape index (κ1) is 19.6. The van der Waals surface area contributed by atoms with E-state index in [0.717, 1.165) is 18.4 Å². The highest BCUT2D eigenvalue weighted by molar-refractivity contribution is 5.79. The van der Waals surface area contributed by atoms with Gasteiger partial charge >= 0.3 is 0 Å². The van der Waals surface area contributed by atoms with Gasteiger partial charge in [0, 0.05) is 0 Å². The lowest BCUT2D eigenvalue weighted by Crippen LogP contribution is -2.35. The summed E-state index contributed by atoms with van der Waals surface area (Å²) in [6.45, 7) is -0.0641. The van der Waals surface area contributed by atoms with Gasteiger partial charge in [-0.25, -0.2) is 4.98 Å². The topological polar surface area (TPSA) is 64.0 Å². The first-order valence-corrected chi connectivity index (χ1v) is 10.0. The monoisotopic (exact) mass is 397 g/mol. The third kappa shape index (κ3) is 4.63. The number of aryl methyl sites for hydroxylation is 1. The summed E-state index contributed by atoms with van der Waals surface area (Å²) < 4.78 is 1.36. The minimum absolute atomic E-state index is 0.0641. The Morgan fingerprint density at radius 2 is 1.57 bits per heavy atom. The van der Waals surface area contributed by atoms with Crippen LogP contribution in [0.3, 0.4) is 0 Å². The first-order chi connectivity index (χ1) is 14.7. The molecule has 1 heterocycles. The second kappa shape index (κ2) is 9.18. The highest BCUT2D eigenvalue weighted by Gasteiger charge is 2.16. The van der Waals surface area contributed by atoms with Crippen molar-refractivity contribution in [1.82, 2.24) is 14.9 Å². The lowest BCUT2D eigenvalue weighted by molar-refractivity contribution is -0.122. The summed E-state index contributed by atoms with van der Waals surface area (Å²) in [5.41, 5.74) is 2.69. The van der Waals surface area contributed by atoms with E-state index in [4.69, 9.17) is 0 Å². The molecule has 3 aromatic carbocycles. The second-order valence-electron chi connectivity index (χ2n) is 7.25. The highest BCUT2D eigenvalue weighted by Crippen LogP contribution is 2.19. The first-order valence-electron chi connectivity index (χ1n) is 10.0. The Balaban J connectivity index is 1.50. The maximum Gasteiger partial charge on any atom is 0.261 e. The third-order valence-corrected chi connectivity index (χ3v) is 5.15. The molecule has 1 aromatic heterocycles. The fraction of sp³-hybridized carbons (Fsp3) is 0.160. The lowest BCUT2D eigenvalue weighted by Gasteiger charge is -2.20. The van der Waals surface area contributed by atoms with E-state index in [-0.39, 0.29) is 24.1 Å². The predicted octanol–water partition coefficient (Wildman–Crippen LogP) is 3.89. The average Bonchev–Trinajstić information content (AvgIpc) is 2.80. The Bertz CT molecular complexity index is 1190. The van der Waals surface area contributed by atoms with Crippen LogP contribution >= 0.6 is 0 Å². The van der Waals surface area contributed by atoms with Gasteiger partial charge in [0.25, 0.3) is 5.56 Å². The molecule has 1 N–H and O–H groups in total. The number of benzene rings is 3. The Morgan fingerprint density at radius 1 is 0.900 bits per heavy atom. The van der Waals surface area contributed by atoms with Crippen molar-refractivity contribution in [3.8, 4) is 0 Å². The number of carbonyl (C=O) groups is 1. The number of carbonyl (C=O) groups excluding carboxylic acids is 1. The molecule has 0 aliphatic rings. The minimum atomic E-state index is -0.212. The Hall–Kier alpha value is -3.73. The number of amides is 1. The van der Waals surface area contributed by atoms with Crippen LogP contribution in [0.5, 0.6) is 0 Å². The molecule has 1 amide bonds. The standard InChI is InChI=1S/C25H23N3O2/c29-24(17-28-18-26-23-14-8-7-13-21(23)25(28)30)27-22(20-11-5-2-6-12-20)16-15-19-9-3-1-4-10-19/h1-14,18,22H,15-17H2,(H,27,29). The number of hydrogen-bond acceptors (Lipinski definition) is 3. The molecule has 0 aliphatic heterocycles. The number of aromatic nitrogens is 2. The molecular weight excluding hydrogens is 374 g/mol. The third-order valence-electron chi connectivity index (χ3n) is 5.15. The number of hydrogen-bond donors (Lipinski definition) is 1. The van der Waals surface area contributed by atoms with Gasteiger partial charge in [-0.05, 0) is 36.1 Å². The van der Waals surface area contributed by atoms with E-state index in [1.54, 1.807) is 18.2 Å². The SMILES string of the molecule is O=C(Cn1cnc2ccccc2c1=O)NC(CCc1ccccc1)c1ccccc1. The van der Waals surface area contributed by atoms with Gasteiger partial charge in [-0.2, -0.15) is 0 Å². The number of rotatable bonds is 7. The smallest absolute Gasteiger partial charge is 0.261 e. The van der Waals surface area contributed by atoms with E-state index in [2.05, 4.69) is 22.4 Å². The van der Waals surface area contributed by atoms with Crippen LogP contribution in [0.2, 0.25) is 0 Å². The lowest BCUT2D eigenvalue weighted by atomic mass is 9.99. The summed E-state index contributed by atoms with van der Waals surface area (Å²) in [6.07, 6.45) is 3.05. The summed E-state index contributed by atoms with van der Waals surface area (Å²) in [5, 5.41) is 3.61. The molecule has 0 radical (unpaired) electrons. The minimum Gasteiger partial charge on any atom is -0.348 e. The molecule has 5 heteroatoms. The Labute approximate surface area is 175 Å². The molecule has 0 spiro atoms.